The van der Waals surface area contributed by atoms with E-state index in [-0.39, 0.29) is 29.1 Å². The number of nitriles is 1. The van der Waals surface area contributed by atoms with Crippen molar-refractivity contribution in [1.82, 2.24) is 4.57 Å². The molecule has 0 aliphatic rings. The highest BCUT2D eigenvalue weighted by Gasteiger charge is 2.25. The van der Waals surface area contributed by atoms with Crippen molar-refractivity contribution >= 4 is 22.4 Å². The van der Waals surface area contributed by atoms with Crippen LogP contribution in [0.25, 0.3) is 16.5 Å². The Balaban J connectivity index is 3.02. The standard InChI is InChI=1S/C17H16N2O4/c1-4-23-17(22)14(10(2)20)15-11-7-5-6-8-13(11)19(3)16(21)12(15)9-18/h5-8,20H,4H2,1-3H3/b14-10+. The Morgan fingerprint density at radius 3 is 2.61 bits per heavy atom. The van der Waals surface area contributed by atoms with Crippen LogP contribution in [0.3, 0.4) is 0 Å². The molecule has 118 valence electrons. The molecular weight excluding hydrogens is 296 g/mol. The maximum Gasteiger partial charge on any atom is 0.342 e. The Bertz CT molecular complexity index is 913. The molecule has 2 aromatic rings. The summed E-state index contributed by atoms with van der Waals surface area (Å²) < 4.78 is 6.30. The van der Waals surface area contributed by atoms with Gasteiger partial charge in [-0.3, -0.25) is 4.79 Å². The van der Waals surface area contributed by atoms with Crippen LogP contribution in [0.5, 0.6) is 0 Å². The van der Waals surface area contributed by atoms with E-state index in [0.717, 1.165) is 0 Å². The Labute approximate surface area is 132 Å². The topological polar surface area (TPSA) is 92.3 Å². The molecule has 1 heterocycles. The highest BCUT2D eigenvalue weighted by Crippen LogP contribution is 2.29. The average Bonchev–Trinajstić information content (AvgIpc) is 2.52. The molecule has 6 heteroatoms. The number of ether oxygens (including phenoxy) is 1. The number of para-hydroxylation sites is 1. The van der Waals surface area contributed by atoms with Gasteiger partial charge in [-0.1, -0.05) is 18.2 Å². The lowest BCUT2D eigenvalue weighted by molar-refractivity contribution is -0.136. The highest BCUT2D eigenvalue weighted by molar-refractivity contribution is 6.21. The summed E-state index contributed by atoms with van der Waals surface area (Å²) in [5.74, 6) is -1.08. The van der Waals surface area contributed by atoms with Crippen molar-refractivity contribution < 1.29 is 14.6 Å². The number of aryl methyl sites for hydroxylation is 1. The Morgan fingerprint density at radius 1 is 1.39 bits per heavy atom. The molecule has 23 heavy (non-hydrogen) atoms. The first-order valence-corrected chi connectivity index (χ1v) is 7.03. The summed E-state index contributed by atoms with van der Waals surface area (Å²) in [6, 6.07) is 8.71. The molecule has 1 aromatic carbocycles. The molecule has 0 aliphatic heterocycles. The number of nitrogens with zero attached hydrogens (tertiary/aromatic N) is 2. The normalized spacial score (nSPS) is 11.7. The number of allylic oxidation sites excluding steroid dienone is 1. The number of rotatable bonds is 3. The van der Waals surface area contributed by atoms with Crippen LogP contribution in [0.4, 0.5) is 0 Å². The van der Waals surface area contributed by atoms with Gasteiger partial charge in [0.25, 0.3) is 5.56 Å². The number of hydrogen-bond donors (Lipinski definition) is 1. The Morgan fingerprint density at radius 2 is 2.04 bits per heavy atom. The largest absolute Gasteiger partial charge is 0.512 e. The third kappa shape index (κ3) is 2.69. The molecule has 0 spiro atoms. The second-order valence-electron chi connectivity index (χ2n) is 4.92. The zero-order chi connectivity index (χ0) is 17.1. The summed E-state index contributed by atoms with van der Waals surface area (Å²) in [6.07, 6.45) is 0. The van der Waals surface area contributed by atoms with Gasteiger partial charge in [0.2, 0.25) is 0 Å². The molecule has 0 saturated carbocycles. The van der Waals surface area contributed by atoms with Crippen LogP contribution in [0.15, 0.2) is 34.8 Å². The SMILES string of the molecule is CCOC(=O)/C(=C(\C)O)c1c(C#N)c(=O)n(C)c2ccccc12. The lowest BCUT2D eigenvalue weighted by Gasteiger charge is -2.15. The van der Waals surface area contributed by atoms with Crippen molar-refractivity contribution in [2.75, 3.05) is 6.61 Å². The number of carbonyl (C=O) groups is 1. The van der Waals surface area contributed by atoms with E-state index in [0.29, 0.717) is 10.9 Å². The zero-order valence-electron chi connectivity index (χ0n) is 13.1. The summed E-state index contributed by atoms with van der Waals surface area (Å²) in [4.78, 5) is 24.7. The van der Waals surface area contributed by atoms with Crippen LogP contribution in [-0.4, -0.2) is 22.2 Å². The maximum absolute atomic E-state index is 12.4. The predicted molar refractivity (Wildman–Crippen MR) is 85.8 cm³/mol. The minimum absolute atomic E-state index is 0.102. The number of aromatic nitrogens is 1. The van der Waals surface area contributed by atoms with E-state index < -0.39 is 11.5 Å². The van der Waals surface area contributed by atoms with Crippen molar-refractivity contribution in [3.63, 3.8) is 0 Å². The number of aliphatic hydroxyl groups excluding tert-OH is 1. The van der Waals surface area contributed by atoms with Gasteiger partial charge in [0.05, 0.1) is 12.1 Å². The fourth-order valence-electron chi connectivity index (χ4n) is 2.49. The molecule has 0 unspecified atom stereocenters. The third-order valence-corrected chi connectivity index (χ3v) is 3.51. The summed E-state index contributed by atoms with van der Waals surface area (Å²) in [5, 5.41) is 19.9. The lowest BCUT2D eigenvalue weighted by atomic mass is 9.95. The van der Waals surface area contributed by atoms with Gasteiger partial charge in [0, 0.05) is 18.0 Å². The number of hydrogen-bond acceptors (Lipinski definition) is 5. The number of esters is 1. The van der Waals surface area contributed by atoms with Gasteiger partial charge >= 0.3 is 5.97 Å². The molecule has 2 rings (SSSR count). The summed E-state index contributed by atoms with van der Waals surface area (Å²) in [6.45, 7) is 3.06. The molecule has 0 amide bonds. The first-order chi connectivity index (χ1) is 10.9. The van der Waals surface area contributed by atoms with Crippen molar-refractivity contribution in [2.45, 2.75) is 13.8 Å². The van der Waals surface area contributed by atoms with E-state index in [4.69, 9.17) is 4.74 Å². The minimum atomic E-state index is -0.776. The van der Waals surface area contributed by atoms with Gasteiger partial charge in [-0.2, -0.15) is 5.26 Å². The molecule has 0 fully saturated rings. The number of aliphatic hydroxyl groups is 1. The lowest BCUT2D eigenvalue weighted by Crippen LogP contribution is -2.24. The molecule has 0 bridgehead atoms. The second kappa shape index (κ2) is 6.36. The first-order valence-electron chi connectivity index (χ1n) is 7.03. The van der Waals surface area contributed by atoms with E-state index in [1.807, 2.05) is 6.07 Å². The van der Waals surface area contributed by atoms with E-state index in [1.165, 1.54) is 11.5 Å². The van der Waals surface area contributed by atoms with Gasteiger partial charge in [-0.15, -0.1) is 0 Å². The number of pyridine rings is 1. The Kier molecular flexibility index (Phi) is 4.51. The average molecular weight is 312 g/mol. The van der Waals surface area contributed by atoms with Crippen molar-refractivity contribution in [3.8, 4) is 6.07 Å². The summed E-state index contributed by atoms with van der Waals surface area (Å²) in [5.41, 5.74) is -0.261. The number of benzene rings is 1. The predicted octanol–water partition coefficient (Wildman–Crippen LogP) is 2.26. The van der Waals surface area contributed by atoms with E-state index in [1.54, 1.807) is 38.2 Å². The highest BCUT2D eigenvalue weighted by atomic mass is 16.5. The van der Waals surface area contributed by atoms with Crippen LogP contribution < -0.4 is 5.56 Å². The zero-order valence-corrected chi connectivity index (χ0v) is 13.1. The van der Waals surface area contributed by atoms with Gasteiger partial charge < -0.3 is 14.4 Å². The quantitative estimate of drug-likeness (QED) is 0.533. The van der Waals surface area contributed by atoms with E-state index in [2.05, 4.69) is 0 Å². The number of fused-ring (bicyclic) bond motifs is 1. The summed E-state index contributed by atoms with van der Waals surface area (Å²) in [7, 11) is 1.55. The molecule has 6 nitrogen and oxygen atoms in total. The van der Waals surface area contributed by atoms with Crippen molar-refractivity contribution in [3.05, 3.63) is 51.5 Å². The third-order valence-electron chi connectivity index (χ3n) is 3.51. The summed E-state index contributed by atoms with van der Waals surface area (Å²) >= 11 is 0. The van der Waals surface area contributed by atoms with Crippen LogP contribution in [0.2, 0.25) is 0 Å². The van der Waals surface area contributed by atoms with Gasteiger partial charge in [0.15, 0.2) is 0 Å². The van der Waals surface area contributed by atoms with Gasteiger partial charge in [-0.25, -0.2) is 4.79 Å². The first kappa shape index (κ1) is 16.3. The molecule has 0 aliphatic carbocycles. The van der Waals surface area contributed by atoms with Crippen LogP contribution in [0.1, 0.15) is 25.0 Å². The fourth-order valence-corrected chi connectivity index (χ4v) is 2.49. The van der Waals surface area contributed by atoms with Crippen LogP contribution in [0, 0.1) is 11.3 Å². The maximum atomic E-state index is 12.4. The fraction of sp³-hybridized carbons (Fsp3) is 0.235. The minimum Gasteiger partial charge on any atom is -0.512 e. The molecular formula is C17H16N2O4. The van der Waals surface area contributed by atoms with Crippen LogP contribution >= 0.6 is 0 Å². The van der Waals surface area contributed by atoms with Crippen LogP contribution in [-0.2, 0) is 16.6 Å². The molecule has 0 radical (unpaired) electrons. The monoisotopic (exact) mass is 312 g/mol. The van der Waals surface area contributed by atoms with Gasteiger partial charge in [-0.05, 0) is 19.9 Å². The molecule has 1 N–H and O–H groups in total. The number of carbonyl (C=O) groups excluding carboxylic acids is 1. The van der Waals surface area contributed by atoms with Gasteiger partial charge in [0.1, 0.15) is 23.0 Å². The second-order valence-corrected chi connectivity index (χ2v) is 4.92. The van der Waals surface area contributed by atoms with E-state index >= 15 is 0 Å². The molecule has 1 aromatic heterocycles. The van der Waals surface area contributed by atoms with Crippen molar-refractivity contribution in [2.24, 2.45) is 7.05 Å². The molecule has 0 atom stereocenters. The van der Waals surface area contributed by atoms with E-state index in [9.17, 15) is 20.0 Å². The Hall–Kier alpha value is -3.07. The smallest absolute Gasteiger partial charge is 0.342 e. The molecule has 0 saturated heterocycles. The van der Waals surface area contributed by atoms with Crippen molar-refractivity contribution in [1.29, 1.82) is 5.26 Å².